The van der Waals surface area contributed by atoms with Gasteiger partial charge in [-0.3, -0.25) is 0 Å². The molecule has 0 heterocycles. The summed E-state index contributed by atoms with van der Waals surface area (Å²) in [4.78, 5) is 0. The zero-order valence-corrected chi connectivity index (χ0v) is 11.4. The molecular weight excluding hydrogens is 286 g/mol. The Balaban J connectivity index is 2.23. The molecule has 1 rings (SSSR count). The van der Waals surface area contributed by atoms with Gasteiger partial charge in [0.05, 0.1) is 6.61 Å². The van der Waals surface area contributed by atoms with Crippen LogP contribution in [-0.2, 0) is 0 Å². The van der Waals surface area contributed by atoms with Crippen LogP contribution in [0.15, 0.2) is 28.7 Å². The van der Waals surface area contributed by atoms with Crippen LogP contribution >= 0.6 is 15.9 Å². The summed E-state index contributed by atoms with van der Waals surface area (Å²) in [6, 6.07) is 7.42. The Morgan fingerprint density at radius 1 is 1.35 bits per heavy atom. The van der Waals surface area contributed by atoms with Gasteiger partial charge in [0.25, 0.3) is 0 Å². The minimum absolute atomic E-state index is 0.0164. The van der Waals surface area contributed by atoms with Gasteiger partial charge in [0, 0.05) is 17.1 Å². The summed E-state index contributed by atoms with van der Waals surface area (Å²) in [6.07, 6.45) is -0.590. The monoisotopic (exact) mass is 303 g/mol. The van der Waals surface area contributed by atoms with Gasteiger partial charge < -0.3 is 20.3 Å². The van der Waals surface area contributed by atoms with Crippen LogP contribution < -0.4 is 10.1 Å². The van der Waals surface area contributed by atoms with E-state index < -0.39 is 6.10 Å². The number of rotatable bonds is 7. The van der Waals surface area contributed by atoms with Crippen molar-refractivity contribution in [3.8, 4) is 5.75 Å². The second-order valence-electron chi connectivity index (χ2n) is 3.91. The predicted octanol–water partition coefficient (Wildman–Crippen LogP) is 1.16. The maximum Gasteiger partial charge on any atom is 0.119 e. The van der Waals surface area contributed by atoms with E-state index >= 15 is 0 Å². The summed E-state index contributed by atoms with van der Waals surface area (Å²) >= 11 is 3.34. The highest BCUT2D eigenvalue weighted by Gasteiger charge is 2.07. The van der Waals surface area contributed by atoms with Gasteiger partial charge >= 0.3 is 0 Å². The third-order valence-corrected chi connectivity index (χ3v) is 2.76. The van der Waals surface area contributed by atoms with Crippen molar-refractivity contribution in [3.63, 3.8) is 0 Å². The number of aliphatic hydroxyl groups excluding tert-OH is 2. The quantitative estimate of drug-likeness (QED) is 0.707. The van der Waals surface area contributed by atoms with E-state index in [1.807, 2.05) is 31.2 Å². The normalized spacial score (nSPS) is 14.4. The average molecular weight is 304 g/mol. The van der Waals surface area contributed by atoms with Crippen molar-refractivity contribution < 1.29 is 14.9 Å². The zero-order chi connectivity index (χ0) is 12.7. The standard InChI is InChI=1S/C12H18BrNO3/c1-9(7-15)14-6-11(16)8-17-12-4-2-10(13)3-5-12/h2-5,9,11,14-16H,6-8H2,1H3. The Labute approximate surface area is 110 Å². The van der Waals surface area contributed by atoms with Crippen LogP contribution in [-0.4, -0.2) is 42.1 Å². The largest absolute Gasteiger partial charge is 0.491 e. The molecule has 4 nitrogen and oxygen atoms in total. The number of halogens is 1. The predicted molar refractivity (Wildman–Crippen MR) is 70.2 cm³/mol. The molecule has 1 aromatic rings. The van der Waals surface area contributed by atoms with E-state index in [1.54, 1.807) is 0 Å². The smallest absolute Gasteiger partial charge is 0.119 e. The maximum atomic E-state index is 9.63. The van der Waals surface area contributed by atoms with Gasteiger partial charge in [-0.05, 0) is 31.2 Å². The van der Waals surface area contributed by atoms with Crippen LogP contribution in [0, 0.1) is 0 Å². The second kappa shape index (κ2) is 7.66. The van der Waals surface area contributed by atoms with Crippen molar-refractivity contribution in [3.05, 3.63) is 28.7 Å². The molecule has 0 spiro atoms. The lowest BCUT2D eigenvalue weighted by atomic mass is 10.3. The van der Waals surface area contributed by atoms with Crippen LogP contribution in [0.25, 0.3) is 0 Å². The van der Waals surface area contributed by atoms with Gasteiger partial charge in [-0.1, -0.05) is 15.9 Å². The summed E-state index contributed by atoms with van der Waals surface area (Å²) < 4.78 is 6.41. The van der Waals surface area contributed by atoms with E-state index in [9.17, 15) is 5.11 Å². The molecule has 0 saturated heterocycles. The van der Waals surface area contributed by atoms with Crippen molar-refractivity contribution in [1.29, 1.82) is 0 Å². The number of nitrogens with one attached hydrogen (secondary N) is 1. The second-order valence-corrected chi connectivity index (χ2v) is 4.83. The fraction of sp³-hybridized carbons (Fsp3) is 0.500. The Hall–Kier alpha value is -0.620. The Morgan fingerprint density at radius 3 is 2.59 bits per heavy atom. The molecule has 0 aliphatic rings. The first-order valence-corrected chi connectivity index (χ1v) is 6.31. The molecule has 0 fully saturated rings. The third-order valence-electron chi connectivity index (χ3n) is 2.23. The first-order valence-electron chi connectivity index (χ1n) is 5.52. The SMILES string of the molecule is CC(CO)NCC(O)COc1ccc(Br)cc1. The summed E-state index contributed by atoms with van der Waals surface area (Å²) in [5.74, 6) is 0.724. The first-order chi connectivity index (χ1) is 8.11. The molecule has 3 N–H and O–H groups in total. The molecule has 0 radical (unpaired) electrons. The molecule has 0 aliphatic carbocycles. The highest BCUT2D eigenvalue weighted by Crippen LogP contribution is 2.16. The van der Waals surface area contributed by atoms with Crippen molar-refractivity contribution in [2.45, 2.75) is 19.1 Å². The van der Waals surface area contributed by atoms with Crippen LogP contribution in [0.1, 0.15) is 6.92 Å². The van der Waals surface area contributed by atoms with Gasteiger partial charge in [0.2, 0.25) is 0 Å². The van der Waals surface area contributed by atoms with E-state index in [0.29, 0.717) is 6.54 Å². The molecule has 1 aromatic carbocycles. The van der Waals surface area contributed by atoms with Crippen molar-refractivity contribution >= 4 is 15.9 Å². The fourth-order valence-electron chi connectivity index (χ4n) is 1.18. The van der Waals surface area contributed by atoms with Crippen LogP contribution in [0.2, 0.25) is 0 Å². The van der Waals surface area contributed by atoms with Gasteiger partial charge in [-0.15, -0.1) is 0 Å². The molecule has 0 saturated carbocycles. The first kappa shape index (κ1) is 14.4. The summed E-state index contributed by atoms with van der Waals surface area (Å²) in [5, 5.41) is 21.4. The number of hydrogen-bond donors (Lipinski definition) is 3. The lowest BCUT2D eigenvalue weighted by Gasteiger charge is -2.16. The topological polar surface area (TPSA) is 61.7 Å². The Bertz CT molecular complexity index is 318. The zero-order valence-electron chi connectivity index (χ0n) is 9.77. The highest BCUT2D eigenvalue weighted by molar-refractivity contribution is 9.10. The minimum Gasteiger partial charge on any atom is -0.491 e. The average Bonchev–Trinajstić information content (AvgIpc) is 2.35. The van der Waals surface area contributed by atoms with Crippen LogP contribution in [0.3, 0.4) is 0 Å². The van der Waals surface area contributed by atoms with Crippen LogP contribution in [0.4, 0.5) is 0 Å². The van der Waals surface area contributed by atoms with Crippen molar-refractivity contribution in [2.24, 2.45) is 0 Å². The van der Waals surface area contributed by atoms with Crippen LogP contribution in [0.5, 0.6) is 5.75 Å². The molecule has 0 bridgehead atoms. The summed E-state index contributed by atoms with van der Waals surface area (Å²) in [5.41, 5.74) is 0. The number of hydrogen-bond acceptors (Lipinski definition) is 4. The van der Waals surface area contributed by atoms with E-state index in [0.717, 1.165) is 10.2 Å². The molecule has 0 aliphatic heterocycles. The number of ether oxygens (including phenoxy) is 1. The molecule has 2 unspecified atom stereocenters. The fourth-order valence-corrected chi connectivity index (χ4v) is 1.45. The highest BCUT2D eigenvalue weighted by atomic mass is 79.9. The molecular formula is C12H18BrNO3. The number of benzene rings is 1. The van der Waals surface area contributed by atoms with Gasteiger partial charge in [-0.2, -0.15) is 0 Å². The van der Waals surface area contributed by atoms with E-state index in [1.165, 1.54) is 0 Å². The molecule has 0 amide bonds. The molecule has 96 valence electrons. The molecule has 5 heteroatoms. The number of aliphatic hydroxyl groups is 2. The third kappa shape index (κ3) is 6.02. The molecule has 17 heavy (non-hydrogen) atoms. The van der Waals surface area contributed by atoms with Crippen molar-refractivity contribution in [1.82, 2.24) is 5.32 Å². The van der Waals surface area contributed by atoms with E-state index in [4.69, 9.17) is 9.84 Å². The lowest BCUT2D eigenvalue weighted by Crippen LogP contribution is -2.38. The van der Waals surface area contributed by atoms with E-state index in [-0.39, 0.29) is 19.3 Å². The van der Waals surface area contributed by atoms with Gasteiger partial charge in [-0.25, -0.2) is 0 Å². The summed E-state index contributed by atoms with van der Waals surface area (Å²) in [6.45, 7) is 2.54. The van der Waals surface area contributed by atoms with Crippen molar-refractivity contribution in [2.75, 3.05) is 19.8 Å². The Kier molecular flexibility index (Phi) is 6.50. The lowest BCUT2D eigenvalue weighted by molar-refractivity contribution is 0.101. The summed E-state index contributed by atoms with van der Waals surface area (Å²) in [7, 11) is 0. The van der Waals surface area contributed by atoms with E-state index in [2.05, 4.69) is 21.2 Å². The minimum atomic E-state index is -0.590. The van der Waals surface area contributed by atoms with Gasteiger partial charge in [0.15, 0.2) is 0 Å². The molecule has 2 atom stereocenters. The maximum absolute atomic E-state index is 9.63. The van der Waals surface area contributed by atoms with Gasteiger partial charge in [0.1, 0.15) is 18.5 Å². The Morgan fingerprint density at radius 2 is 2.00 bits per heavy atom. The molecule has 0 aromatic heterocycles.